The molecule has 7 heteroatoms. The molecule has 2 N–H and O–H groups in total. The van der Waals surface area contributed by atoms with Gasteiger partial charge in [-0.3, -0.25) is 9.59 Å². The molecule has 1 atom stereocenters. The number of alkyl carbamates (subject to hydrolysis) is 1. The largest absolute Gasteiger partial charge is 0.480 e. The fourth-order valence-corrected chi connectivity index (χ4v) is 4.95. The van der Waals surface area contributed by atoms with Gasteiger partial charge in [-0.2, -0.15) is 0 Å². The molecule has 184 valence electrons. The SMILES string of the molecule is O=C(O)CN(Cc1ccccc1)C(=O)C(NC(=O)OCC1c2ccccc2-c2ccccc21)C1CC1. The summed E-state index contributed by atoms with van der Waals surface area (Å²) in [5, 5.41) is 12.1. The molecule has 7 nitrogen and oxygen atoms in total. The normalized spacial score (nSPS) is 14.9. The number of rotatable bonds is 9. The van der Waals surface area contributed by atoms with Crippen LogP contribution in [-0.4, -0.2) is 47.2 Å². The Bertz CT molecular complexity index is 1230. The summed E-state index contributed by atoms with van der Waals surface area (Å²) in [4.78, 5) is 39.0. The molecule has 1 unspecified atom stereocenters. The van der Waals surface area contributed by atoms with Crippen LogP contribution >= 0.6 is 0 Å². The number of amides is 2. The molecule has 3 aromatic rings. The average Bonchev–Trinajstić information content (AvgIpc) is 3.68. The summed E-state index contributed by atoms with van der Waals surface area (Å²) in [5.41, 5.74) is 5.31. The van der Waals surface area contributed by atoms with Crippen molar-refractivity contribution in [2.45, 2.75) is 31.3 Å². The molecule has 0 aromatic heterocycles. The number of carboxylic acids is 1. The van der Waals surface area contributed by atoms with Gasteiger partial charge in [0.05, 0.1) is 0 Å². The van der Waals surface area contributed by atoms with E-state index in [-0.39, 0.29) is 25.0 Å². The van der Waals surface area contributed by atoms with Crippen molar-refractivity contribution in [1.82, 2.24) is 10.2 Å². The highest BCUT2D eigenvalue weighted by atomic mass is 16.5. The predicted octanol–water partition coefficient (Wildman–Crippen LogP) is 4.42. The Morgan fingerprint density at radius 2 is 1.47 bits per heavy atom. The molecule has 0 heterocycles. The lowest BCUT2D eigenvalue weighted by molar-refractivity contribution is -0.146. The average molecular weight is 485 g/mol. The lowest BCUT2D eigenvalue weighted by Crippen LogP contribution is -2.51. The number of ether oxygens (including phenoxy) is 1. The van der Waals surface area contributed by atoms with Crippen molar-refractivity contribution in [3.8, 4) is 11.1 Å². The topological polar surface area (TPSA) is 95.9 Å². The van der Waals surface area contributed by atoms with Crippen LogP contribution in [0.4, 0.5) is 4.79 Å². The van der Waals surface area contributed by atoms with Gasteiger partial charge in [-0.15, -0.1) is 0 Å². The van der Waals surface area contributed by atoms with E-state index in [0.717, 1.165) is 40.7 Å². The van der Waals surface area contributed by atoms with Gasteiger partial charge in [0.25, 0.3) is 0 Å². The summed E-state index contributed by atoms with van der Waals surface area (Å²) in [6.07, 6.45) is 0.927. The third-order valence-corrected chi connectivity index (χ3v) is 6.83. The maximum Gasteiger partial charge on any atom is 0.407 e. The van der Waals surface area contributed by atoms with Crippen molar-refractivity contribution in [2.24, 2.45) is 5.92 Å². The number of carboxylic acid groups (broad SMARTS) is 1. The van der Waals surface area contributed by atoms with E-state index in [1.807, 2.05) is 66.7 Å². The minimum Gasteiger partial charge on any atom is -0.480 e. The van der Waals surface area contributed by atoms with Gasteiger partial charge in [-0.05, 0) is 46.6 Å². The molecule has 2 amide bonds. The quantitative estimate of drug-likeness (QED) is 0.469. The Morgan fingerprint density at radius 1 is 0.889 bits per heavy atom. The fourth-order valence-electron chi connectivity index (χ4n) is 4.95. The molecule has 0 radical (unpaired) electrons. The molecular weight excluding hydrogens is 456 g/mol. The van der Waals surface area contributed by atoms with Crippen molar-refractivity contribution in [3.63, 3.8) is 0 Å². The monoisotopic (exact) mass is 484 g/mol. The standard InChI is InChI=1S/C29H28N2O5/c32-26(33)17-31(16-19-8-2-1-3-9-19)28(34)27(20-14-15-20)30-29(35)36-18-25-23-12-6-4-10-21(23)22-11-5-7-13-24(22)25/h1-13,20,25,27H,14-18H2,(H,30,35)(H,32,33). The van der Waals surface area contributed by atoms with Crippen molar-refractivity contribution in [2.75, 3.05) is 13.2 Å². The highest BCUT2D eigenvalue weighted by molar-refractivity contribution is 5.88. The number of nitrogens with one attached hydrogen (secondary N) is 1. The van der Waals surface area contributed by atoms with Crippen LogP contribution < -0.4 is 5.32 Å². The van der Waals surface area contributed by atoms with Gasteiger partial charge in [0.15, 0.2) is 0 Å². The minimum absolute atomic E-state index is 0.0231. The van der Waals surface area contributed by atoms with E-state index in [4.69, 9.17) is 4.74 Å². The molecule has 36 heavy (non-hydrogen) atoms. The van der Waals surface area contributed by atoms with E-state index in [9.17, 15) is 19.5 Å². The van der Waals surface area contributed by atoms with E-state index in [1.165, 1.54) is 4.90 Å². The minimum atomic E-state index is -1.10. The summed E-state index contributed by atoms with van der Waals surface area (Å²) in [7, 11) is 0. The van der Waals surface area contributed by atoms with Crippen LogP contribution in [0, 0.1) is 5.92 Å². The number of aliphatic carboxylic acids is 1. The third-order valence-electron chi connectivity index (χ3n) is 6.83. The van der Waals surface area contributed by atoms with Gasteiger partial charge in [0.1, 0.15) is 19.2 Å². The van der Waals surface area contributed by atoms with Crippen LogP contribution in [0.5, 0.6) is 0 Å². The van der Waals surface area contributed by atoms with E-state index < -0.39 is 30.6 Å². The number of hydrogen-bond donors (Lipinski definition) is 2. The number of carbonyl (C=O) groups is 3. The molecule has 0 bridgehead atoms. The second-order valence-electron chi connectivity index (χ2n) is 9.36. The molecule has 3 aromatic carbocycles. The van der Waals surface area contributed by atoms with Crippen molar-refractivity contribution in [1.29, 1.82) is 0 Å². The summed E-state index contributed by atoms with van der Waals surface area (Å²) in [6, 6.07) is 24.6. The molecule has 1 saturated carbocycles. The number of carbonyl (C=O) groups excluding carboxylic acids is 2. The lowest BCUT2D eigenvalue weighted by Gasteiger charge is -2.27. The Labute approximate surface area is 209 Å². The Kier molecular flexibility index (Phi) is 6.71. The second kappa shape index (κ2) is 10.2. The first-order valence-electron chi connectivity index (χ1n) is 12.2. The zero-order chi connectivity index (χ0) is 25.1. The van der Waals surface area contributed by atoms with Crippen molar-refractivity contribution in [3.05, 3.63) is 95.6 Å². The highest BCUT2D eigenvalue weighted by Gasteiger charge is 2.40. The van der Waals surface area contributed by atoms with E-state index in [2.05, 4.69) is 17.4 Å². The molecule has 2 aliphatic rings. The van der Waals surface area contributed by atoms with Gasteiger partial charge in [0, 0.05) is 12.5 Å². The van der Waals surface area contributed by atoms with Crippen molar-refractivity contribution < 1.29 is 24.2 Å². The molecule has 1 fully saturated rings. The van der Waals surface area contributed by atoms with Gasteiger partial charge >= 0.3 is 12.1 Å². The van der Waals surface area contributed by atoms with Crippen LogP contribution in [0.25, 0.3) is 11.1 Å². The summed E-state index contributed by atoms with van der Waals surface area (Å²) in [6.45, 7) is -0.140. The van der Waals surface area contributed by atoms with Crippen LogP contribution in [0.2, 0.25) is 0 Å². The third kappa shape index (κ3) is 5.10. The fraction of sp³-hybridized carbons (Fsp3) is 0.276. The van der Waals surface area contributed by atoms with Crippen LogP contribution in [0.15, 0.2) is 78.9 Å². The number of nitrogens with zero attached hydrogens (tertiary/aromatic N) is 1. The Morgan fingerprint density at radius 3 is 2.06 bits per heavy atom. The van der Waals surface area contributed by atoms with Crippen LogP contribution in [0.3, 0.4) is 0 Å². The summed E-state index contributed by atoms with van der Waals surface area (Å²) >= 11 is 0. The first-order chi connectivity index (χ1) is 17.5. The zero-order valence-corrected chi connectivity index (χ0v) is 19.8. The highest BCUT2D eigenvalue weighted by Crippen LogP contribution is 2.44. The Balaban J connectivity index is 1.27. The van der Waals surface area contributed by atoms with Gasteiger partial charge in [0.2, 0.25) is 5.91 Å². The van der Waals surface area contributed by atoms with Gasteiger partial charge < -0.3 is 20.1 Å². The molecule has 0 spiro atoms. The van der Waals surface area contributed by atoms with Crippen LogP contribution in [0.1, 0.15) is 35.4 Å². The second-order valence-corrected chi connectivity index (χ2v) is 9.36. The first kappa shape index (κ1) is 23.6. The molecule has 0 aliphatic heterocycles. The van der Waals surface area contributed by atoms with E-state index in [0.29, 0.717) is 0 Å². The zero-order valence-electron chi connectivity index (χ0n) is 19.8. The maximum atomic E-state index is 13.4. The summed E-state index contributed by atoms with van der Waals surface area (Å²) < 4.78 is 5.64. The first-order valence-corrected chi connectivity index (χ1v) is 12.2. The van der Waals surface area contributed by atoms with E-state index >= 15 is 0 Å². The van der Waals surface area contributed by atoms with E-state index in [1.54, 1.807) is 0 Å². The number of benzene rings is 3. The number of hydrogen-bond acceptors (Lipinski definition) is 4. The molecule has 5 rings (SSSR count). The maximum absolute atomic E-state index is 13.4. The van der Waals surface area contributed by atoms with Gasteiger partial charge in [-0.1, -0.05) is 78.9 Å². The molecular formula is C29H28N2O5. The van der Waals surface area contributed by atoms with Gasteiger partial charge in [-0.25, -0.2) is 4.79 Å². The smallest absolute Gasteiger partial charge is 0.407 e. The van der Waals surface area contributed by atoms with Crippen LogP contribution in [-0.2, 0) is 20.9 Å². The lowest BCUT2D eigenvalue weighted by atomic mass is 9.98. The summed E-state index contributed by atoms with van der Waals surface area (Å²) in [5.74, 6) is -1.61. The molecule has 0 saturated heterocycles. The molecule has 2 aliphatic carbocycles. The Hall–Kier alpha value is -4.13. The predicted molar refractivity (Wildman–Crippen MR) is 134 cm³/mol. The number of fused-ring (bicyclic) bond motifs is 3. The van der Waals surface area contributed by atoms with Crippen molar-refractivity contribution >= 4 is 18.0 Å².